The third-order valence-corrected chi connectivity index (χ3v) is 12.5. The summed E-state index contributed by atoms with van der Waals surface area (Å²) in [5.74, 6) is -0.739. The summed E-state index contributed by atoms with van der Waals surface area (Å²) in [7, 11) is 0. The minimum atomic E-state index is -0.604. The van der Waals surface area contributed by atoms with Crippen LogP contribution in [0.2, 0.25) is 0 Å². The van der Waals surface area contributed by atoms with Crippen LogP contribution in [0.25, 0.3) is 11.4 Å². The van der Waals surface area contributed by atoms with Gasteiger partial charge in [-0.2, -0.15) is 0 Å². The zero-order chi connectivity index (χ0) is 40.2. The van der Waals surface area contributed by atoms with Crippen LogP contribution in [-0.4, -0.2) is 100 Å². The molecule has 2 aromatic heterocycles. The first kappa shape index (κ1) is 39.7. The third-order valence-electron chi connectivity index (χ3n) is 12.5. The van der Waals surface area contributed by atoms with Crippen molar-refractivity contribution in [1.29, 1.82) is 0 Å². The SMILES string of the molecule is O=C1CCC(Nc2ccc(C3CCN([C@H]4CC[C@H](C(=O)NC5CCC(Nc6ncc(F)c(-c7cccc(N8CCOCC8=O)n7)n6)CC5)CC4)CC3)c(F)c2)C(=O)N1. The summed E-state index contributed by atoms with van der Waals surface area (Å²) in [6.07, 6.45) is 10.4. The Kier molecular flexibility index (Phi) is 12.2. The monoisotopic (exact) mass is 799 g/mol. The Labute approximate surface area is 336 Å². The average Bonchev–Trinajstić information content (AvgIpc) is 3.24. The standard InChI is InChI=1S/C42H51F2N9O5/c43-32-22-29(46-35-14-15-37(54)50-41(35)57)10-13-31(32)25-16-18-52(19-17-25)30-11-4-26(5-12-30)40(56)47-27-6-8-28(9-7-27)48-42-45-23-33(44)39(51-42)34-2-1-3-36(49-34)53-20-21-58-24-38(53)55/h1-3,10,13,22-23,25-28,30,35,46H,4-9,11-12,14-21,24H2,(H,47,56)(H,45,48,51)(H,50,54,57)/t26-,27?,28?,30-,35?. The van der Waals surface area contributed by atoms with Gasteiger partial charge < -0.3 is 25.6 Å². The van der Waals surface area contributed by atoms with Crippen molar-refractivity contribution >= 4 is 41.1 Å². The highest BCUT2D eigenvalue weighted by atomic mass is 19.1. The second-order valence-electron chi connectivity index (χ2n) is 16.3. The maximum atomic E-state index is 15.3. The van der Waals surface area contributed by atoms with Gasteiger partial charge in [-0.25, -0.2) is 23.7 Å². The lowest BCUT2D eigenvalue weighted by Gasteiger charge is -2.41. The zero-order valence-electron chi connectivity index (χ0n) is 32.6. The van der Waals surface area contributed by atoms with Gasteiger partial charge in [0.25, 0.3) is 5.91 Å². The van der Waals surface area contributed by atoms with Gasteiger partial charge in [0.2, 0.25) is 23.7 Å². The van der Waals surface area contributed by atoms with Crippen LogP contribution in [0.3, 0.4) is 0 Å². The highest BCUT2D eigenvalue weighted by molar-refractivity contribution is 6.01. The predicted molar refractivity (Wildman–Crippen MR) is 212 cm³/mol. The molecule has 308 valence electrons. The Morgan fingerprint density at radius 2 is 1.60 bits per heavy atom. The van der Waals surface area contributed by atoms with Gasteiger partial charge in [-0.05, 0) is 119 Å². The van der Waals surface area contributed by atoms with Crippen molar-refractivity contribution in [3.63, 3.8) is 0 Å². The van der Waals surface area contributed by atoms with Crippen LogP contribution in [-0.2, 0) is 23.9 Å². The lowest BCUT2D eigenvalue weighted by atomic mass is 9.82. The summed E-state index contributed by atoms with van der Waals surface area (Å²) in [6, 6.07) is 10.2. The van der Waals surface area contributed by atoms with Gasteiger partial charge in [0.1, 0.15) is 30.0 Å². The number of piperidine rings is 2. The van der Waals surface area contributed by atoms with Crippen LogP contribution in [0.1, 0.15) is 88.5 Å². The van der Waals surface area contributed by atoms with Crippen molar-refractivity contribution < 1.29 is 32.7 Å². The van der Waals surface area contributed by atoms with Crippen LogP contribution in [0.4, 0.5) is 26.2 Å². The number of anilines is 3. The van der Waals surface area contributed by atoms with E-state index in [1.54, 1.807) is 18.2 Å². The molecular weight excluding hydrogens is 749 g/mol. The molecule has 58 heavy (non-hydrogen) atoms. The molecule has 0 radical (unpaired) electrons. The number of amides is 4. The number of aromatic nitrogens is 3. The summed E-state index contributed by atoms with van der Waals surface area (Å²) in [5, 5.41) is 12.1. The van der Waals surface area contributed by atoms with Gasteiger partial charge in [-0.1, -0.05) is 12.1 Å². The van der Waals surface area contributed by atoms with Crippen molar-refractivity contribution in [3.05, 3.63) is 59.8 Å². The number of rotatable bonds is 10. The van der Waals surface area contributed by atoms with Gasteiger partial charge >= 0.3 is 0 Å². The molecule has 16 heteroatoms. The van der Waals surface area contributed by atoms with E-state index in [1.807, 2.05) is 12.1 Å². The van der Waals surface area contributed by atoms with Gasteiger partial charge in [0, 0.05) is 36.2 Å². The first-order valence-corrected chi connectivity index (χ1v) is 20.8. The minimum Gasteiger partial charge on any atom is -0.374 e. The Bertz CT molecular complexity index is 2000. The van der Waals surface area contributed by atoms with Gasteiger partial charge in [-0.3, -0.25) is 29.4 Å². The fourth-order valence-corrected chi connectivity index (χ4v) is 9.22. The molecule has 8 rings (SSSR count). The predicted octanol–water partition coefficient (Wildman–Crippen LogP) is 4.67. The highest BCUT2D eigenvalue weighted by Crippen LogP contribution is 2.36. The molecule has 1 atom stereocenters. The molecule has 3 aliphatic heterocycles. The minimum absolute atomic E-state index is 0.00514. The molecule has 1 unspecified atom stereocenters. The number of likely N-dealkylation sites (tertiary alicyclic amines) is 1. The van der Waals surface area contributed by atoms with Crippen molar-refractivity contribution in [2.45, 2.75) is 107 Å². The number of nitrogens with zero attached hydrogens (tertiary/aromatic N) is 5. The molecule has 2 aliphatic carbocycles. The maximum absolute atomic E-state index is 15.3. The van der Waals surface area contributed by atoms with Crippen molar-refractivity contribution in [3.8, 4) is 11.4 Å². The Balaban J connectivity index is 0.754. The fourth-order valence-electron chi connectivity index (χ4n) is 9.22. The van der Waals surface area contributed by atoms with E-state index < -0.39 is 11.9 Å². The summed E-state index contributed by atoms with van der Waals surface area (Å²) in [6.45, 7) is 2.55. The maximum Gasteiger partial charge on any atom is 0.254 e. The number of hydrogen-bond donors (Lipinski definition) is 4. The molecule has 0 spiro atoms. The number of halogens is 2. The second kappa shape index (κ2) is 17.8. The second-order valence-corrected chi connectivity index (χ2v) is 16.3. The summed E-state index contributed by atoms with van der Waals surface area (Å²) < 4.78 is 35.4. The summed E-state index contributed by atoms with van der Waals surface area (Å²) in [5.41, 5.74) is 1.60. The van der Waals surface area contributed by atoms with Gasteiger partial charge in [0.15, 0.2) is 5.82 Å². The normalized spacial score (nSPS) is 26.2. The number of benzene rings is 1. The third kappa shape index (κ3) is 9.28. The molecule has 2 saturated carbocycles. The molecule has 5 heterocycles. The Morgan fingerprint density at radius 1 is 0.828 bits per heavy atom. The van der Waals surface area contributed by atoms with Crippen LogP contribution in [0.15, 0.2) is 42.6 Å². The summed E-state index contributed by atoms with van der Waals surface area (Å²) in [4.78, 5) is 66.4. The quantitative estimate of drug-likeness (QED) is 0.210. The lowest BCUT2D eigenvalue weighted by molar-refractivity contribution is -0.133. The largest absolute Gasteiger partial charge is 0.374 e. The van der Waals surface area contributed by atoms with E-state index in [4.69, 9.17) is 4.74 Å². The average molecular weight is 800 g/mol. The molecule has 0 bridgehead atoms. The van der Waals surface area contributed by atoms with Crippen LogP contribution < -0.4 is 26.2 Å². The molecule has 3 saturated heterocycles. The first-order valence-electron chi connectivity index (χ1n) is 20.8. The molecule has 5 aliphatic rings. The van der Waals surface area contributed by atoms with Crippen LogP contribution in [0, 0.1) is 17.6 Å². The molecule has 4 N–H and O–H groups in total. The number of hydrogen-bond acceptors (Lipinski definition) is 11. The number of ether oxygens (including phenoxy) is 1. The van der Waals surface area contributed by atoms with E-state index in [2.05, 4.69) is 41.1 Å². The first-order chi connectivity index (χ1) is 28.2. The Hall–Kier alpha value is -5.09. The Morgan fingerprint density at radius 3 is 2.34 bits per heavy atom. The molecule has 4 amide bonds. The van der Waals surface area contributed by atoms with E-state index >= 15 is 4.39 Å². The molecule has 1 aromatic carbocycles. The van der Waals surface area contributed by atoms with Crippen molar-refractivity contribution in [2.24, 2.45) is 5.92 Å². The number of pyridine rings is 1. The van der Waals surface area contributed by atoms with Crippen molar-refractivity contribution in [2.75, 3.05) is 48.4 Å². The number of imide groups is 1. The van der Waals surface area contributed by atoms with Gasteiger partial charge in [0.05, 0.1) is 25.0 Å². The highest BCUT2D eigenvalue weighted by Gasteiger charge is 2.34. The van der Waals surface area contributed by atoms with E-state index in [0.29, 0.717) is 54.3 Å². The fraction of sp³-hybridized carbons (Fsp3) is 0.548. The van der Waals surface area contributed by atoms with Crippen molar-refractivity contribution in [1.82, 2.24) is 30.5 Å². The topological polar surface area (TPSA) is 171 Å². The molecule has 5 fully saturated rings. The van der Waals surface area contributed by atoms with E-state index in [9.17, 15) is 23.6 Å². The zero-order valence-corrected chi connectivity index (χ0v) is 32.6. The molecule has 3 aromatic rings. The van der Waals surface area contributed by atoms with Crippen LogP contribution in [0.5, 0.6) is 0 Å². The number of carbonyl (C=O) groups is 4. The number of morpholine rings is 1. The molecule has 14 nitrogen and oxygen atoms in total. The van der Waals surface area contributed by atoms with E-state index in [1.165, 1.54) is 11.0 Å². The van der Waals surface area contributed by atoms with E-state index in [-0.39, 0.29) is 72.1 Å². The smallest absolute Gasteiger partial charge is 0.254 e. The number of carbonyl (C=O) groups excluding carboxylic acids is 4. The summed E-state index contributed by atoms with van der Waals surface area (Å²) >= 11 is 0. The number of nitrogens with one attached hydrogen (secondary N) is 4. The van der Waals surface area contributed by atoms with E-state index in [0.717, 1.165) is 83.5 Å². The lowest BCUT2D eigenvalue weighted by Crippen LogP contribution is -2.47. The van der Waals surface area contributed by atoms with Gasteiger partial charge in [-0.15, -0.1) is 0 Å². The molecular formula is C42H51F2N9O5. The van der Waals surface area contributed by atoms with Crippen LogP contribution >= 0.6 is 0 Å².